The van der Waals surface area contributed by atoms with Crippen molar-refractivity contribution in [3.63, 3.8) is 0 Å². The van der Waals surface area contributed by atoms with Gasteiger partial charge in [0.15, 0.2) is 0 Å². The molecule has 0 unspecified atom stereocenters. The van der Waals surface area contributed by atoms with Gasteiger partial charge in [-0.1, -0.05) is 0 Å². The predicted molar refractivity (Wildman–Crippen MR) is 104 cm³/mol. The van der Waals surface area contributed by atoms with E-state index >= 15 is 0 Å². The SMILES string of the molecule is C[N](C)[Ti]([CH2]c1ccccc1)([CH2]c1ccccc1)[CH2]c1ccccc1. The maximum absolute atomic E-state index is 2.60. The number of hydrogen-bond donors (Lipinski definition) is 0. The number of benzene rings is 3. The van der Waals surface area contributed by atoms with Gasteiger partial charge in [0.25, 0.3) is 0 Å². The first-order valence-corrected chi connectivity index (χ1v) is 13.0. The summed E-state index contributed by atoms with van der Waals surface area (Å²) in [5, 5.41) is 0. The van der Waals surface area contributed by atoms with E-state index in [4.69, 9.17) is 0 Å². The zero-order valence-electron chi connectivity index (χ0n) is 15.2. The molecule has 0 aliphatic carbocycles. The van der Waals surface area contributed by atoms with Gasteiger partial charge in [-0.05, 0) is 0 Å². The molecule has 0 spiro atoms. The summed E-state index contributed by atoms with van der Waals surface area (Å²) in [6.07, 6.45) is 0. The van der Waals surface area contributed by atoms with Gasteiger partial charge in [0.05, 0.1) is 0 Å². The normalized spacial score (nSPS) is 11.6. The number of rotatable bonds is 7. The molecular formula is C23H27NTi. The molecule has 0 aromatic heterocycles. The molecule has 0 N–H and O–H groups in total. The van der Waals surface area contributed by atoms with E-state index in [2.05, 4.69) is 108 Å². The molecule has 0 amide bonds. The molecule has 3 aromatic carbocycles. The van der Waals surface area contributed by atoms with Crippen LogP contribution in [0.5, 0.6) is 0 Å². The second kappa shape index (κ2) is 8.62. The molecule has 3 aromatic rings. The van der Waals surface area contributed by atoms with Crippen molar-refractivity contribution in [3.8, 4) is 0 Å². The van der Waals surface area contributed by atoms with E-state index in [1.807, 2.05) is 0 Å². The van der Waals surface area contributed by atoms with Crippen LogP contribution in [0.3, 0.4) is 0 Å². The van der Waals surface area contributed by atoms with Gasteiger partial charge in [-0.2, -0.15) is 0 Å². The van der Waals surface area contributed by atoms with Gasteiger partial charge in [-0.25, -0.2) is 0 Å². The molecule has 0 saturated carbocycles. The quantitative estimate of drug-likeness (QED) is 0.519. The Balaban J connectivity index is 1.97. The molecule has 2 heteroatoms. The van der Waals surface area contributed by atoms with Crippen LogP contribution in [0.1, 0.15) is 16.7 Å². The molecule has 0 heterocycles. The van der Waals surface area contributed by atoms with E-state index in [0.717, 1.165) is 0 Å². The van der Waals surface area contributed by atoms with Crippen molar-refractivity contribution in [1.29, 1.82) is 0 Å². The Kier molecular flexibility index (Phi) is 6.26. The molecule has 3 rings (SSSR count). The van der Waals surface area contributed by atoms with Crippen LogP contribution in [-0.2, 0) is 31.0 Å². The van der Waals surface area contributed by atoms with Crippen LogP contribution in [0.15, 0.2) is 91.0 Å². The van der Waals surface area contributed by atoms with Crippen LogP contribution in [0, 0.1) is 0 Å². The zero-order valence-corrected chi connectivity index (χ0v) is 16.8. The molecule has 0 fully saturated rings. The molecule has 0 aliphatic rings. The van der Waals surface area contributed by atoms with Crippen molar-refractivity contribution in [2.24, 2.45) is 0 Å². The Labute approximate surface area is 156 Å². The molecule has 0 atom stereocenters. The van der Waals surface area contributed by atoms with Gasteiger partial charge in [-0.15, -0.1) is 0 Å². The van der Waals surface area contributed by atoms with Crippen molar-refractivity contribution >= 4 is 0 Å². The van der Waals surface area contributed by atoms with Crippen molar-refractivity contribution in [1.82, 2.24) is 3.38 Å². The van der Waals surface area contributed by atoms with E-state index in [0.29, 0.717) is 0 Å². The molecule has 0 bridgehead atoms. The molecule has 25 heavy (non-hydrogen) atoms. The maximum atomic E-state index is 2.60. The molecule has 0 saturated heterocycles. The van der Waals surface area contributed by atoms with E-state index in [1.54, 1.807) is 0 Å². The van der Waals surface area contributed by atoms with E-state index in [-0.39, 0.29) is 0 Å². The molecular weight excluding hydrogens is 338 g/mol. The van der Waals surface area contributed by atoms with Crippen molar-refractivity contribution in [2.75, 3.05) is 14.1 Å². The number of hydrogen-bond acceptors (Lipinski definition) is 1. The zero-order chi connectivity index (χ0) is 17.5. The summed E-state index contributed by atoms with van der Waals surface area (Å²) in [5.74, 6) is 0. The molecule has 128 valence electrons. The fourth-order valence-corrected chi connectivity index (χ4v) is 10.3. The summed E-state index contributed by atoms with van der Waals surface area (Å²) in [6.45, 7) is 0. The second-order valence-corrected chi connectivity index (χ2v) is 14.0. The van der Waals surface area contributed by atoms with Gasteiger partial charge >= 0.3 is 156 Å². The minimum atomic E-state index is -2.39. The molecule has 1 nitrogen and oxygen atoms in total. The summed E-state index contributed by atoms with van der Waals surface area (Å²) in [7, 11) is 4.60. The van der Waals surface area contributed by atoms with Gasteiger partial charge in [0.1, 0.15) is 0 Å². The summed E-state index contributed by atoms with van der Waals surface area (Å²) < 4.78 is 6.26. The summed E-state index contributed by atoms with van der Waals surface area (Å²) in [6, 6.07) is 33.1. The monoisotopic (exact) mass is 365 g/mol. The van der Waals surface area contributed by atoms with E-state index in [9.17, 15) is 0 Å². The third-order valence-electron chi connectivity index (χ3n) is 5.08. The van der Waals surface area contributed by atoms with Crippen LogP contribution in [0.25, 0.3) is 0 Å². The van der Waals surface area contributed by atoms with Crippen molar-refractivity contribution in [3.05, 3.63) is 108 Å². The molecule has 0 radical (unpaired) electrons. The minimum absolute atomic E-state index is 1.22. The Morgan fingerprint density at radius 1 is 0.520 bits per heavy atom. The van der Waals surface area contributed by atoms with E-state index < -0.39 is 16.8 Å². The summed E-state index contributed by atoms with van der Waals surface area (Å²) >= 11 is -2.39. The fourth-order valence-electron chi connectivity index (χ4n) is 3.59. The summed E-state index contributed by atoms with van der Waals surface area (Å²) in [5.41, 5.74) is 4.43. The number of nitrogens with zero attached hydrogens (tertiary/aromatic N) is 1. The van der Waals surface area contributed by atoms with Gasteiger partial charge in [0, 0.05) is 0 Å². The van der Waals surface area contributed by atoms with Crippen LogP contribution >= 0.6 is 0 Å². The first-order valence-electron chi connectivity index (χ1n) is 8.97. The van der Waals surface area contributed by atoms with Crippen molar-refractivity contribution < 1.29 is 16.8 Å². The Morgan fingerprint density at radius 3 is 1.04 bits per heavy atom. The Morgan fingerprint density at radius 2 is 0.800 bits per heavy atom. The third-order valence-corrected chi connectivity index (χ3v) is 13.0. The van der Waals surface area contributed by atoms with Gasteiger partial charge in [-0.3, -0.25) is 0 Å². The fraction of sp³-hybridized carbons (Fsp3) is 0.217. The van der Waals surface area contributed by atoms with E-state index in [1.165, 1.54) is 30.9 Å². The Bertz CT molecular complexity index is 652. The van der Waals surface area contributed by atoms with Crippen LogP contribution in [-0.4, -0.2) is 17.5 Å². The first-order chi connectivity index (χ1) is 12.2. The van der Waals surface area contributed by atoms with Crippen molar-refractivity contribution in [2.45, 2.75) is 14.2 Å². The van der Waals surface area contributed by atoms with Crippen LogP contribution in [0.4, 0.5) is 0 Å². The Hall–Kier alpha value is -1.67. The molecule has 0 aliphatic heterocycles. The second-order valence-electron chi connectivity index (χ2n) is 7.11. The standard InChI is InChI=1S/3C7H7.C2H6N.Ti/c3*1-7-5-3-2-4-6-7;1-3-2;/h3*2-6H,1H2;1-2H3;/q;;;-1;+1. The average Bonchev–Trinajstić information content (AvgIpc) is 2.64. The summed E-state index contributed by atoms with van der Waals surface area (Å²) in [4.78, 5) is 0. The van der Waals surface area contributed by atoms with Crippen LogP contribution < -0.4 is 0 Å². The first kappa shape index (κ1) is 18.1. The van der Waals surface area contributed by atoms with Gasteiger partial charge < -0.3 is 0 Å². The average molecular weight is 365 g/mol. The predicted octanol–water partition coefficient (Wildman–Crippen LogP) is 5.22. The third kappa shape index (κ3) is 4.92. The van der Waals surface area contributed by atoms with Gasteiger partial charge in [0.2, 0.25) is 0 Å². The van der Waals surface area contributed by atoms with Crippen LogP contribution in [0.2, 0.25) is 0 Å². The topological polar surface area (TPSA) is 3.24 Å².